The van der Waals surface area contributed by atoms with E-state index in [2.05, 4.69) is 16.7 Å². The highest BCUT2D eigenvalue weighted by molar-refractivity contribution is 5.95. The second-order valence-corrected chi connectivity index (χ2v) is 4.86. The number of para-hydroxylation sites is 1. The average Bonchev–Trinajstić information content (AvgIpc) is 2.49. The van der Waals surface area contributed by atoms with E-state index in [1.807, 2.05) is 38.1 Å². The molecule has 0 radical (unpaired) electrons. The summed E-state index contributed by atoms with van der Waals surface area (Å²) in [6, 6.07) is 15.0. The topological polar surface area (TPSA) is 64.9 Å². The summed E-state index contributed by atoms with van der Waals surface area (Å²) in [5.41, 5.74) is 4.25. The zero-order valence-corrected chi connectivity index (χ0v) is 12.1. The number of anilines is 2. The molecule has 2 N–H and O–H groups in total. The monoisotopic (exact) mass is 279 g/mol. The maximum absolute atomic E-state index is 12.0. The highest BCUT2D eigenvalue weighted by Gasteiger charge is 2.07. The van der Waals surface area contributed by atoms with E-state index in [0.717, 1.165) is 22.5 Å². The fourth-order valence-electron chi connectivity index (χ4n) is 2.08. The Bertz CT molecular complexity index is 681. The SMILES string of the molecule is Cc1cccc(C)c1NC(=O)CNc1cccc(C#N)c1. The van der Waals surface area contributed by atoms with E-state index in [0.29, 0.717) is 5.56 Å². The minimum atomic E-state index is -0.116. The van der Waals surface area contributed by atoms with E-state index < -0.39 is 0 Å². The summed E-state index contributed by atoms with van der Waals surface area (Å²) in [6.07, 6.45) is 0. The molecule has 0 fully saturated rings. The minimum absolute atomic E-state index is 0.116. The lowest BCUT2D eigenvalue weighted by atomic mass is 10.1. The van der Waals surface area contributed by atoms with Crippen molar-refractivity contribution in [2.75, 3.05) is 17.2 Å². The molecule has 21 heavy (non-hydrogen) atoms. The van der Waals surface area contributed by atoms with Crippen molar-refractivity contribution >= 4 is 17.3 Å². The van der Waals surface area contributed by atoms with Crippen LogP contribution in [0.2, 0.25) is 0 Å². The summed E-state index contributed by atoms with van der Waals surface area (Å²) in [5, 5.41) is 14.8. The highest BCUT2D eigenvalue weighted by atomic mass is 16.1. The van der Waals surface area contributed by atoms with Crippen LogP contribution in [-0.4, -0.2) is 12.5 Å². The number of hydrogen-bond acceptors (Lipinski definition) is 3. The van der Waals surface area contributed by atoms with E-state index in [1.54, 1.807) is 18.2 Å². The maximum atomic E-state index is 12.0. The summed E-state index contributed by atoms with van der Waals surface area (Å²) in [4.78, 5) is 12.0. The highest BCUT2D eigenvalue weighted by Crippen LogP contribution is 2.19. The quantitative estimate of drug-likeness (QED) is 0.903. The third kappa shape index (κ3) is 3.83. The molecule has 2 aromatic carbocycles. The Morgan fingerprint density at radius 1 is 1.14 bits per heavy atom. The van der Waals surface area contributed by atoms with Crippen LogP contribution >= 0.6 is 0 Å². The lowest BCUT2D eigenvalue weighted by Crippen LogP contribution is -2.22. The number of rotatable bonds is 4. The lowest BCUT2D eigenvalue weighted by molar-refractivity contribution is -0.114. The molecule has 0 aliphatic heterocycles. The van der Waals surface area contributed by atoms with Gasteiger partial charge in [0.15, 0.2) is 0 Å². The molecule has 0 aliphatic rings. The zero-order valence-electron chi connectivity index (χ0n) is 12.1. The Morgan fingerprint density at radius 3 is 2.48 bits per heavy atom. The zero-order chi connectivity index (χ0) is 15.2. The van der Waals surface area contributed by atoms with E-state index in [-0.39, 0.29) is 12.5 Å². The van der Waals surface area contributed by atoms with Crippen LogP contribution in [0.3, 0.4) is 0 Å². The number of benzene rings is 2. The predicted molar refractivity (Wildman–Crippen MR) is 84.2 cm³/mol. The average molecular weight is 279 g/mol. The van der Waals surface area contributed by atoms with Crippen LogP contribution < -0.4 is 10.6 Å². The molecule has 0 spiro atoms. The van der Waals surface area contributed by atoms with Gasteiger partial charge in [0.05, 0.1) is 18.2 Å². The van der Waals surface area contributed by atoms with Gasteiger partial charge in [-0.15, -0.1) is 0 Å². The van der Waals surface area contributed by atoms with Gasteiger partial charge in [0.25, 0.3) is 0 Å². The fraction of sp³-hybridized carbons (Fsp3) is 0.176. The lowest BCUT2D eigenvalue weighted by Gasteiger charge is -2.12. The Balaban J connectivity index is 1.98. The maximum Gasteiger partial charge on any atom is 0.243 e. The number of nitrogens with one attached hydrogen (secondary N) is 2. The molecule has 4 nitrogen and oxygen atoms in total. The van der Waals surface area contributed by atoms with Gasteiger partial charge in [-0.25, -0.2) is 0 Å². The van der Waals surface area contributed by atoms with Crippen molar-refractivity contribution in [2.45, 2.75) is 13.8 Å². The molecule has 0 bridgehead atoms. The van der Waals surface area contributed by atoms with E-state index in [9.17, 15) is 4.79 Å². The minimum Gasteiger partial charge on any atom is -0.376 e. The molecule has 0 unspecified atom stereocenters. The number of amides is 1. The summed E-state index contributed by atoms with van der Waals surface area (Å²) in [5.74, 6) is -0.116. The molecule has 4 heteroatoms. The molecule has 0 aromatic heterocycles. The Hall–Kier alpha value is -2.80. The van der Waals surface area contributed by atoms with Crippen LogP contribution in [-0.2, 0) is 4.79 Å². The first-order chi connectivity index (χ1) is 10.1. The van der Waals surface area contributed by atoms with Crippen molar-refractivity contribution in [3.8, 4) is 6.07 Å². The van der Waals surface area contributed by atoms with Crippen molar-refractivity contribution in [3.05, 3.63) is 59.2 Å². The smallest absolute Gasteiger partial charge is 0.243 e. The van der Waals surface area contributed by atoms with Crippen LogP contribution in [0, 0.1) is 25.2 Å². The standard InChI is InChI=1S/C17H17N3O/c1-12-5-3-6-13(2)17(12)20-16(21)11-19-15-8-4-7-14(9-15)10-18/h3-9,19H,11H2,1-2H3,(H,20,21). The van der Waals surface area contributed by atoms with Gasteiger partial charge < -0.3 is 10.6 Å². The Labute approximate surface area is 124 Å². The molecule has 0 saturated carbocycles. The van der Waals surface area contributed by atoms with Gasteiger partial charge in [-0.05, 0) is 43.2 Å². The van der Waals surface area contributed by atoms with E-state index >= 15 is 0 Å². The molecule has 0 atom stereocenters. The molecule has 0 aliphatic carbocycles. The molecule has 1 amide bonds. The van der Waals surface area contributed by atoms with Gasteiger partial charge in [0, 0.05) is 11.4 Å². The van der Waals surface area contributed by atoms with Crippen LogP contribution in [0.1, 0.15) is 16.7 Å². The summed E-state index contributed by atoms with van der Waals surface area (Å²) in [6.45, 7) is 4.08. The first-order valence-electron chi connectivity index (χ1n) is 6.70. The fourth-order valence-corrected chi connectivity index (χ4v) is 2.08. The summed E-state index contributed by atoms with van der Waals surface area (Å²) >= 11 is 0. The number of aryl methyl sites for hydroxylation is 2. The van der Waals surface area contributed by atoms with Gasteiger partial charge in [-0.3, -0.25) is 4.79 Å². The molecule has 2 rings (SSSR count). The third-order valence-corrected chi connectivity index (χ3v) is 3.19. The van der Waals surface area contributed by atoms with Crippen molar-refractivity contribution in [1.29, 1.82) is 5.26 Å². The number of carbonyl (C=O) groups is 1. The van der Waals surface area contributed by atoms with Gasteiger partial charge in [-0.2, -0.15) is 5.26 Å². The van der Waals surface area contributed by atoms with E-state index in [1.165, 1.54) is 0 Å². The van der Waals surface area contributed by atoms with Crippen molar-refractivity contribution in [2.24, 2.45) is 0 Å². The second-order valence-electron chi connectivity index (χ2n) is 4.86. The van der Waals surface area contributed by atoms with Gasteiger partial charge in [0.2, 0.25) is 5.91 Å². The Kier molecular flexibility index (Phi) is 4.57. The molecule has 106 valence electrons. The molecular formula is C17H17N3O. The number of nitrogens with zero attached hydrogens (tertiary/aromatic N) is 1. The van der Waals surface area contributed by atoms with Crippen molar-refractivity contribution in [1.82, 2.24) is 0 Å². The molecular weight excluding hydrogens is 262 g/mol. The van der Waals surface area contributed by atoms with Crippen molar-refractivity contribution < 1.29 is 4.79 Å². The summed E-state index contributed by atoms with van der Waals surface area (Å²) in [7, 11) is 0. The van der Waals surface area contributed by atoms with Gasteiger partial charge in [0.1, 0.15) is 0 Å². The third-order valence-electron chi connectivity index (χ3n) is 3.19. The van der Waals surface area contributed by atoms with Crippen molar-refractivity contribution in [3.63, 3.8) is 0 Å². The predicted octanol–water partition coefficient (Wildman–Crippen LogP) is 3.23. The number of nitriles is 1. The first kappa shape index (κ1) is 14.6. The first-order valence-corrected chi connectivity index (χ1v) is 6.70. The second kappa shape index (κ2) is 6.58. The molecule has 2 aromatic rings. The molecule has 0 heterocycles. The largest absolute Gasteiger partial charge is 0.376 e. The van der Waals surface area contributed by atoms with E-state index in [4.69, 9.17) is 5.26 Å². The van der Waals surface area contributed by atoms with Gasteiger partial charge in [-0.1, -0.05) is 24.3 Å². The van der Waals surface area contributed by atoms with Crippen LogP contribution in [0.4, 0.5) is 11.4 Å². The van der Waals surface area contributed by atoms with Crippen LogP contribution in [0.5, 0.6) is 0 Å². The molecule has 0 saturated heterocycles. The number of carbonyl (C=O) groups excluding carboxylic acids is 1. The van der Waals surface area contributed by atoms with Crippen LogP contribution in [0.25, 0.3) is 0 Å². The van der Waals surface area contributed by atoms with Crippen LogP contribution in [0.15, 0.2) is 42.5 Å². The normalized spacial score (nSPS) is 9.76. The Morgan fingerprint density at radius 2 is 1.81 bits per heavy atom. The number of hydrogen-bond donors (Lipinski definition) is 2. The van der Waals surface area contributed by atoms with Gasteiger partial charge >= 0.3 is 0 Å². The summed E-state index contributed by atoms with van der Waals surface area (Å²) < 4.78 is 0.